The van der Waals surface area contributed by atoms with Gasteiger partial charge in [0, 0.05) is 31.7 Å². The van der Waals surface area contributed by atoms with E-state index in [0.29, 0.717) is 24.7 Å². The Hall–Kier alpha value is -1.28. The average Bonchev–Trinajstić information content (AvgIpc) is 2.96. The van der Waals surface area contributed by atoms with Gasteiger partial charge >= 0.3 is 0 Å². The van der Waals surface area contributed by atoms with E-state index in [4.69, 9.17) is 4.99 Å². The second-order valence-corrected chi connectivity index (χ2v) is 8.86. The van der Waals surface area contributed by atoms with Gasteiger partial charge in [-0.1, -0.05) is 6.42 Å². The molecule has 2 saturated heterocycles. The highest BCUT2D eigenvalue weighted by Crippen LogP contribution is 2.32. The van der Waals surface area contributed by atoms with E-state index in [0.717, 1.165) is 30.6 Å². The molecule has 7 nitrogen and oxygen atoms in total. The molecule has 1 aromatic rings. The molecule has 0 spiro atoms. The number of fused-ring (bicyclic) bond motifs is 2. The van der Waals surface area contributed by atoms with Crippen molar-refractivity contribution >= 4 is 17.7 Å². The summed E-state index contributed by atoms with van der Waals surface area (Å²) in [5, 5.41) is 15.6. The normalized spacial score (nSPS) is 26.2. The summed E-state index contributed by atoms with van der Waals surface area (Å²) in [6, 6.07) is 1.94. The molecule has 2 unspecified atom stereocenters. The minimum Gasteiger partial charge on any atom is -0.356 e. The van der Waals surface area contributed by atoms with Crippen LogP contribution in [0, 0.1) is 6.92 Å². The Kier molecular flexibility index (Phi) is 7.41. The lowest BCUT2D eigenvalue weighted by Gasteiger charge is -2.47. The number of piperidine rings is 2. The standard InChI is InChI=1S/C19H35N7S/c1-14-23-24-18(25(14)2)13-21-19(20-9-6-10-27-4)22-15-11-16-7-5-8-17(12-15)26(16)3/h15-17H,5-13H2,1-4H3,(H2,20,21,22). The van der Waals surface area contributed by atoms with E-state index in [-0.39, 0.29) is 0 Å². The molecule has 0 radical (unpaired) electrons. The maximum atomic E-state index is 4.82. The molecular weight excluding hydrogens is 358 g/mol. The molecule has 2 aliphatic heterocycles. The molecule has 2 aliphatic rings. The van der Waals surface area contributed by atoms with Crippen molar-refractivity contribution in [3.05, 3.63) is 11.6 Å². The van der Waals surface area contributed by atoms with Crippen molar-refractivity contribution in [2.75, 3.05) is 25.6 Å². The first-order valence-electron chi connectivity index (χ1n) is 10.2. The number of hydrogen-bond acceptors (Lipinski definition) is 5. The Bertz CT molecular complexity index is 616. The van der Waals surface area contributed by atoms with Crippen molar-refractivity contribution in [2.45, 2.75) is 70.1 Å². The zero-order chi connectivity index (χ0) is 19.2. The molecule has 0 amide bonds. The van der Waals surface area contributed by atoms with Gasteiger partial charge in [-0.2, -0.15) is 11.8 Å². The number of rotatable bonds is 7. The fourth-order valence-electron chi connectivity index (χ4n) is 4.24. The predicted molar refractivity (Wildman–Crippen MR) is 113 cm³/mol. The van der Waals surface area contributed by atoms with E-state index < -0.39 is 0 Å². The number of aromatic nitrogens is 3. The van der Waals surface area contributed by atoms with Crippen molar-refractivity contribution in [2.24, 2.45) is 12.0 Å². The number of hydrogen-bond donors (Lipinski definition) is 2. The second-order valence-electron chi connectivity index (χ2n) is 7.88. The molecule has 8 heteroatoms. The minimum atomic E-state index is 0.504. The van der Waals surface area contributed by atoms with Crippen LogP contribution in [0.15, 0.2) is 4.99 Å². The van der Waals surface area contributed by atoms with Gasteiger partial charge in [-0.3, -0.25) is 0 Å². The van der Waals surface area contributed by atoms with Gasteiger partial charge in [-0.25, -0.2) is 4.99 Å². The first-order valence-corrected chi connectivity index (χ1v) is 11.6. The molecule has 27 heavy (non-hydrogen) atoms. The lowest BCUT2D eigenvalue weighted by Crippen LogP contribution is -2.56. The number of guanidine groups is 1. The summed E-state index contributed by atoms with van der Waals surface area (Å²) in [7, 11) is 4.30. The molecular formula is C19H35N7S. The highest BCUT2D eigenvalue weighted by Gasteiger charge is 2.36. The smallest absolute Gasteiger partial charge is 0.191 e. The van der Waals surface area contributed by atoms with Gasteiger partial charge in [0.1, 0.15) is 12.4 Å². The molecule has 0 aromatic carbocycles. The van der Waals surface area contributed by atoms with E-state index in [1.165, 1.54) is 37.9 Å². The number of aliphatic imine (C=N–C) groups is 1. The van der Waals surface area contributed by atoms with Crippen LogP contribution in [0.3, 0.4) is 0 Å². The third-order valence-corrected chi connectivity index (χ3v) is 6.76. The lowest BCUT2D eigenvalue weighted by molar-refractivity contribution is 0.0526. The second kappa shape index (κ2) is 9.78. The summed E-state index contributed by atoms with van der Waals surface area (Å²) in [6.45, 7) is 3.47. The summed E-state index contributed by atoms with van der Waals surface area (Å²) in [4.78, 5) is 7.43. The summed E-state index contributed by atoms with van der Waals surface area (Å²) in [5.41, 5.74) is 0. The van der Waals surface area contributed by atoms with Gasteiger partial charge in [0.05, 0.1) is 0 Å². The lowest BCUT2D eigenvalue weighted by atomic mass is 9.82. The first kappa shape index (κ1) is 20.5. The van der Waals surface area contributed by atoms with Crippen LogP contribution in [-0.4, -0.2) is 69.4 Å². The fourth-order valence-corrected chi connectivity index (χ4v) is 4.67. The van der Waals surface area contributed by atoms with Gasteiger partial charge < -0.3 is 20.1 Å². The zero-order valence-electron chi connectivity index (χ0n) is 17.2. The Balaban J connectivity index is 1.62. The van der Waals surface area contributed by atoms with Crippen LogP contribution in [0.1, 0.15) is 50.2 Å². The molecule has 2 fully saturated rings. The summed E-state index contributed by atoms with van der Waals surface area (Å²) in [5.74, 6) is 3.91. The third-order valence-electron chi connectivity index (χ3n) is 6.06. The Morgan fingerprint density at radius 1 is 1.22 bits per heavy atom. The van der Waals surface area contributed by atoms with Gasteiger partial charge in [-0.05, 0) is 58.1 Å². The third kappa shape index (κ3) is 5.38. The molecule has 2 bridgehead atoms. The topological polar surface area (TPSA) is 70.4 Å². The Morgan fingerprint density at radius 2 is 1.96 bits per heavy atom. The summed E-state index contributed by atoms with van der Waals surface area (Å²) >= 11 is 1.89. The van der Waals surface area contributed by atoms with Crippen LogP contribution in [-0.2, 0) is 13.6 Å². The SMILES string of the molecule is CSCCCNC(=NCc1nnc(C)n1C)NC1CC2CCCC(C1)N2C. The quantitative estimate of drug-likeness (QED) is 0.419. The van der Waals surface area contributed by atoms with E-state index in [2.05, 4.69) is 39.0 Å². The van der Waals surface area contributed by atoms with Gasteiger partial charge in [-0.15, -0.1) is 10.2 Å². The van der Waals surface area contributed by atoms with Crippen molar-refractivity contribution in [1.82, 2.24) is 30.3 Å². The van der Waals surface area contributed by atoms with Crippen LogP contribution < -0.4 is 10.6 Å². The fraction of sp³-hybridized carbons (Fsp3) is 0.842. The highest BCUT2D eigenvalue weighted by atomic mass is 32.2. The van der Waals surface area contributed by atoms with Crippen LogP contribution in [0.5, 0.6) is 0 Å². The van der Waals surface area contributed by atoms with Crippen LogP contribution in [0.25, 0.3) is 0 Å². The Labute approximate surface area is 167 Å². The molecule has 1 aromatic heterocycles. The maximum Gasteiger partial charge on any atom is 0.191 e. The highest BCUT2D eigenvalue weighted by molar-refractivity contribution is 7.98. The number of thioether (sulfide) groups is 1. The zero-order valence-corrected chi connectivity index (χ0v) is 18.1. The molecule has 2 atom stereocenters. The van der Waals surface area contributed by atoms with Crippen LogP contribution >= 0.6 is 11.8 Å². The molecule has 3 heterocycles. The van der Waals surface area contributed by atoms with E-state index in [9.17, 15) is 0 Å². The van der Waals surface area contributed by atoms with Crippen LogP contribution in [0.4, 0.5) is 0 Å². The van der Waals surface area contributed by atoms with E-state index in [1.807, 2.05) is 30.3 Å². The van der Waals surface area contributed by atoms with Crippen LogP contribution in [0.2, 0.25) is 0 Å². The van der Waals surface area contributed by atoms with Crippen molar-refractivity contribution < 1.29 is 0 Å². The minimum absolute atomic E-state index is 0.504. The molecule has 0 saturated carbocycles. The summed E-state index contributed by atoms with van der Waals surface area (Å²) < 4.78 is 2.01. The Morgan fingerprint density at radius 3 is 2.59 bits per heavy atom. The number of aryl methyl sites for hydroxylation is 1. The van der Waals surface area contributed by atoms with E-state index in [1.54, 1.807) is 0 Å². The van der Waals surface area contributed by atoms with Gasteiger partial charge in [0.15, 0.2) is 11.8 Å². The van der Waals surface area contributed by atoms with E-state index >= 15 is 0 Å². The first-order chi connectivity index (χ1) is 13.1. The van der Waals surface area contributed by atoms with Crippen molar-refractivity contribution in [1.29, 1.82) is 0 Å². The van der Waals surface area contributed by atoms with Crippen molar-refractivity contribution in [3.8, 4) is 0 Å². The van der Waals surface area contributed by atoms with Gasteiger partial charge in [0.2, 0.25) is 0 Å². The monoisotopic (exact) mass is 393 g/mol. The molecule has 2 N–H and O–H groups in total. The van der Waals surface area contributed by atoms with Gasteiger partial charge in [0.25, 0.3) is 0 Å². The van der Waals surface area contributed by atoms with Crippen molar-refractivity contribution in [3.63, 3.8) is 0 Å². The largest absolute Gasteiger partial charge is 0.356 e. The maximum absolute atomic E-state index is 4.82. The average molecular weight is 394 g/mol. The predicted octanol–water partition coefficient (Wildman–Crippen LogP) is 1.93. The molecule has 0 aliphatic carbocycles. The molecule has 3 rings (SSSR count). The molecule has 152 valence electrons. The summed E-state index contributed by atoms with van der Waals surface area (Å²) in [6.07, 6.45) is 9.76. The number of nitrogens with one attached hydrogen (secondary N) is 2. The number of nitrogens with zero attached hydrogens (tertiary/aromatic N) is 5.